The summed E-state index contributed by atoms with van der Waals surface area (Å²) in [5.74, 6) is -0.966. The molecule has 2 rings (SSSR count). The normalized spacial score (nSPS) is 22.1. The number of halogens is 1. The van der Waals surface area contributed by atoms with Crippen LogP contribution in [0.25, 0.3) is 0 Å². The van der Waals surface area contributed by atoms with Crippen LogP contribution in [0.4, 0.5) is 15.0 Å². The van der Waals surface area contributed by atoms with Gasteiger partial charge in [0.1, 0.15) is 17.3 Å². The molecule has 0 spiro atoms. The molecule has 2 atom stereocenters. The van der Waals surface area contributed by atoms with Crippen molar-refractivity contribution in [3.63, 3.8) is 0 Å². The molecule has 4 N–H and O–H groups in total. The third-order valence-electron chi connectivity index (χ3n) is 3.87. The average molecular weight is 354 g/mol. The van der Waals surface area contributed by atoms with E-state index in [0.717, 1.165) is 7.11 Å². The minimum atomic E-state index is -1.39. The number of carbonyl (C=O) groups is 2. The number of amides is 2. The van der Waals surface area contributed by atoms with E-state index >= 15 is 0 Å². The Labute approximate surface area is 145 Å². The second-order valence-electron chi connectivity index (χ2n) is 5.18. The fourth-order valence-corrected chi connectivity index (χ4v) is 2.58. The first-order chi connectivity index (χ1) is 11.9. The first-order valence-electron chi connectivity index (χ1n) is 7.91. The number of alkyl halides is 1. The number of piperidine rings is 1. The first-order valence-corrected chi connectivity index (χ1v) is 7.91. The molecule has 2 amide bonds. The van der Waals surface area contributed by atoms with Crippen molar-refractivity contribution in [2.24, 2.45) is 5.73 Å². The van der Waals surface area contributed by atoms with E-state index in [1.165, 1.54) is 10.9 Å². The van der Waals surface area contributed by atoms with Crippen molar-refractivity contribution in [1.82, 2.24) is 15.1 Å². The van der Waals surface area contributed by atoms with E-state index in [2.05, 4.69) is 20.5 Å². The number of nitriles is 1. The Morgan fingerprint density at radius 1 is 1.64 bits per heavy atom. The number of methoxy groups -OCH3 is 1. The lowest BCUT2D eigenvalue weighted by Crippen LogP contribution is -2.53. The zero-order chi connectivity index (χ0) is 19.0. The number of nitrogens with one attached hydrogen (secondary N) is 2. The predicted octanol–water partition coefficient (Wildman–Crippen LogP) is 1.13. The Morgan fingerprint density at radius 3 is 2.84 bits per heavy atom. The zero-order valence-corrected chi connectivity index (χ0v) is 14.5. The highest BCUT2D eigenvalue weighted by molar-refractivity contribution is 6.00. The maximum atomic E-state index is 14.5. The van der Waals surface area contributed by atoms with Gasteiger partial charge >= 0.3 is 6.09 Å². The number of primary amides is 1. The highest BCUT2D eigenvalue weighted by Gasteiger charge is 2.44. The molecule has 25 heavy (non-hydrogen) atoms. The van der Waals surface area contributed by atoms with Gasteiger partial charge in [0, 0.05) is 12.7 Å². The van der Waals surface area contributed by atoms with Gasteiger partial charge < -0.3 is 15.8 Å². The predicted molar refractivity (Wildman–Crippen MR) is 88.7 cm³/mol. The lowest BCUT2D eigenvalue weighted by molar-refractivity contribution is 0.0684. The van der Waals surface area contributed by atoms with Crippen LogP contribution in [0.5, 0.6) is 0 Å². The van der Waals surface area contributed by atoms with E-state index in [-0.39, 0.29) is 24.3 Å². The minimum Gasteiger partial charge on any atom is -0.453 e. The Morgan fingerprint density at radius 2 is 2.32 bits per heavy atom. The van der Waals surface area contributed by atoms with E-state index in [9.17, 15) is 14.0 Å². The summed E-state index contributed by atoms with van der Waals surface area (Å²) in [6.07, 6.45) is -0.799. The number of nitrogens with zero attached hydrogens (tertiary/aromatic N) is 3. The summed E-state index contributed by atoms with van der Waals surface area (Å²) in [4.78, 5) is 22.9. The largest absolute Gasteiger partial charge is 0.453 e. The lowest BCUT2D eigenvalue weighted by Gasteiger charge is -2.39. The smallest absolute Gasteiger partial charge is 0.412 e. The van der Waals surface area contributed by atoms with Crippen LogP contribution in [-0.2, 0) is 10.3 Å². The summed E-state index contributed by atoms with van der Waals surface area (Å²) in [6.45, 7) is 4.56. The Kier molecular flexibility index (Phi) is 7.32. The van der Waals surface area contributed by atoms with Crippen molar-refractivity contribution in [3.8, 4) is 6.07 Å². The molecule has 0 bridgehead atoms. The molecule has 0 aromatic carbocycles. The number of rotatable bonds is 4. The van der Waals surface area contributed by atoms with Gasteiger partial charge in [-0.15, -0.1) is 0 Å². The van der Waals surface area contributed by atoms with Crippen LogP contribution >= 0.6 is 0 Å². The zero-order valence-electron chi connectivity index (χ0n) is 14.5. The molecule has 2 unspecified atom stereocenters. The Hall–Kier alpha value is -2.67. The minimum absolute atomic E-state index is 0.0627. The summed E-state index contributed by atoms with van der Waals surface area (Å²) in [7, 11) is 1.15. The monoisotopic (exact) mass is 354 g/mol. The van der Waals surface area contributed by atoms with Crippen molar-refractivity contribution < 1.29 is 18.7 Å². The van der Waals surface area contributed by atoms with Gasteiger partial charge in [-0.3, -0.25) is 14.8 Å². The molecule has 9 nitrogen and oxygen atoms in total. The van der Waals surface area contributed by atoms with E-state index in [1.54, 1.807) is 0 Å². The molecule has 1 aromatic heterocycles. The topological polar surface area (TPSA) is 135 Å². The number of nitrogens with two attached hydrogens (primary N) is 1. The van der Waals surface area contributed by atoms with Gasteiger partial charge in [-0.2, -0.15) is 10.4 Å². The third-order valence-corrected chi connectivity index (χ3v) is 3.87. The van der Waals surface area contributed by atoms with Crippen LogP contribution in [-0.4, -0.2) is 48.2 Å². The fourth-order valence-electron chi connectivity index (χ4n) is 2.58. The standard InChI is InChI=1S/C13H17FN6O3.C2H6/c1-23-12(22)18-11-8(10(16)21)7-20(19-11)13(2-4-15)3-5-17-6-9(13)14;1-2/h7,9,17H,2-3,5-6H2,1H3,(H2,16,21)(H,18,19,22);1-2H3. The molecule has 138 valence electrons. The number of anilines is 1. The molecule has 1 aromatic rings. The Bertz CT molecular complexity index is 656. The van der Waals surface area contributed by atoms with Crippen molar-refractivity contribution in [2.75, 3.05) is 25.5 Å². The van der Waals surface area contributed by atoms with Gasteiger partial charge in [0.25, 0.3) is 5.91 Å². The maximum Gasteiger partial charge on any atom is 0.412 e. The molecule has 0 aliphatic carbocycles. The summed E-state index contributed by atoms with van der Waals surface area (Å²) in [5.41, 5.74) is 3.96. The second-order valence-corrected chi connectivity index (χ2v) is 5.18. The van der Waals surface area contributed by atoms with Gasteiger partial charge in [-0.1, -0.05) is 13.8 Å². The van der Waals surface area contributed by atoms with Crippen LogP contribution in [0.2, 0.25) is 0 Å². The first kappa shape index (κ1) is 20.4. The van der Waals surface area contributed by atoms with E-state index < -0.39 is 23.7 Å². The molecule has 10 heteroatoms. The molecular weight excluding hydrogens is 331 g/mol. The van der Waals surface area contributed by atoms with E-state index in [0.29, 0.717) is 13.0 Å². The highest BCUT2D eigenvalue weighted by Crippen LogP contribution is 2.34. The molecule has 2 heterocycles. The lowest BCUT2D eigenvalue weighted by atomic mass is 9.84. The Balaban J connectivity index is 0.00000151. The van der Waals surface area contributed by atoms with Gasteiger partial charge in [0.15, 0.2) is 5.82 Å². The summed E-state index contributed by atoms with van der Waals surface area (Å²) < 4.78 is 20.2. The van der Waals surface area contributed by atoms with Gasteiger partial charge in [-0.05, 0) is 13.0 Å². The quantitative estimate of drug-likeness (QED) is 0.741. The second kappa shape index (κ2) is 8.98. The number of hydrogen-bond donors (Lipinski definition) is 3. The van der Waals surface area contributed by atoms with Gasteiger partial charge in [0.05, 0.1) is 19.6 Å². The molecule has 1 fully saturated rings. The van der Waals surface area contributed by atoms with Crippen molar-refractivity contribution in [1.29, 1.82) is 5.26 Å². The van der Waals surface area contributed by atoms with E-state index in [4.69, 9.17) is 11.0 Å². The van der Waals surface area contributed by atoms with Crippen LogP contribution < -0.4 is 16.4 Å². The molecule has 1 aliphatic rings. The molecule has 1 aliphatic heterocycles. The summed E-state index contributed by atoms with van der Waals surface area (Å²) in [5, 5.41) is 18.3. The maximum absolute atomic E-state index is 14.5. The number of hydrogen-bond acceptors (Lipinski definition) is 6. The van der Waals surface area contributed by atoms with Crippen molar-refractivity contribution in [2.45, 2.75) is 38.4 Å². The molecule has 0 radical (unpaired) electrons. The van der Waals surface area contributed by atoms with Crippen LogP contribution in [0, 0.1) is 11.3 Å². The van der Waals surface area contributed by atoms with Gasteiger partial charge in [0.2, 0.25) is 0 Å². The van der Waals surface area contributed by atoms with Crippen molar-refractivity contribution in [3.05, 3.63) is 11.8 Å². The average Bonchev–Trinajstić information content (AvgIpc) is 3.03. The molecule has 1 saturated heterocycles. The highest BCUT2D eigenvalue weighted by atomic mass is 19.1. The molecular formula is C15H23FN6O3. The van der Waals surface area contributed by atoms with Gasteiger partial charge in [-0.25, -0.2) is 9.18 Å². The number of aromatic nitrogens is 2. The van der Waals surface area contributed by atoms with Crippen molar-refractivity contribution >= 4 is 17.8 Å². The number of ether oxygens (including phenoxy) is 1. The third kappa shape index (κ3) is 4.24. The fraction of sp³-hybridized carbons (Fsp3) is 0.600. The summed E-state index contributed by atoms with van der Waals surface area (Å²) in [6, 6.07) is 1.96. The summed E-state index contributed by atoms with van der Waals surface area (Å²) >= 11 is 0. The number of carbonyl (C=O) groups excluding carboxylic acids is 2. The van der Waals surface area contributed by atoms with Crippen LogP contribution in [0.15, 0.2) is 6.20 Å². The SMILES string of the molecule is CC.COC(=O)Nc1nn(C2(CC#N)CCNCC2F)cc1C(N)=O. The van der Waals surface area contributed by atoms with E-state index in [1.807, 2.05) is 19.9 Å². The molecule has 0 saturated carbocycles. The van der Waals surface area contributed by atoms with Crippen LogP contribution in [0.1, 0.15) is 37.0 Å². The van der Waals surface area contributed by atoms with Crippen LogP contribution in [0.3, 0.4) is 0 Å².